The van der Waals surface area contributed by atoms with Gasteiger partial charge in [-0.15, -0.1) is 0 Å². The summed E-state index contributed by atoms with van der Waals surface area (Å²) >= 11 is 0. The van der Waals surface area contributed by atoms with Crippen LogP contribution in [0.15, 0.2) is 48.5 Å². The minimum absolute atomic E-state index is 0.0199. The number of morpholine rings is 1. The number of benzene rings is 2. The van der Waals surface area contributed by atoms with Gasteiger partial charge in [-0.1, -0.05) is 24.3 Å². The normalized spacial score (nSPS) is 19.0. The van der Waals surface area contributed by atoms with E-state index in [1.807, 2.05) is 41.3 Å². The van der Waals surface area contributed by atoms with Gasteiger partial charge < -0.3 is 29.2 Å². The van der Waals surface area contributed by atoms with Gasteiger partial charge >= 0.3 is 0 Å². The molecular formula is C27H29N3O5. The average Bonchev–Trinajstić information content (AvgIpc) is 3.40. The Labute approximate surface area is 204 Å². The predicted molar refractivity (Wildman–Crippen MR) is 131 cm³/mol. The van der Waals surface area contributed by atoms with Crippen molar-refractivity contribution in [3.63, 3.8) is 0 Å². The lowest BCUT2D eigenvalue weighted by Crippen LogP contribution is -2.41. The van der Waals surface area contributed by atoms with Gasteiger partial charge in [0.1, 0.15) is 5.82 Å². The van der Waals surface area contributed by atoms with Gasteiger partial charge in [0, 0.05) is 43.6 Å². The van der Waals surface area contributed by atoms with Gasteiger partial charge in [0.2, 0.25) is 6.79 Å². The quantitative estimate of drug-likeness (QED) is 0.604. The number of aromatic nitrogens is 1. The van der Waals surface area contributed by atoms with Gasteiger partial charge in [-0.25, -0.2) is 4.98 Å². The fourth-order valence-corrected chi connectivity index (χ4v) is 5.20. The van der Waals surface area contributed by atoms with Gasteiger partial charge in [0.15, 0.2) is 11.5 Å². The molecule has 0 aliphatic carbocycles. The Morgan fingerprint density at radius 1 is 0.943 bits per heavy atom. The number of nitrogens with zero attached hydrogens (tertiary/aromatic N) is 2. The van der Waals surface area contributed by atoms with Gasteiger partial charge in [0.05, 0.1) is 24.3 Å². The number of fused-ring (bicyclic) bond motifs is 2. The first-order valence-corrected chi connectivity index (χ1v) is 12.2. The van der Waals surface area contributed by atoms with Crippen LogP contribution in [-0.4, -0.2) is 68.6 Å². The van der Waals surface area contributed by atoms with E-state index >= 15 is 0 Å². The third-order valence-electron chi connectivity index (χ3n) is 7.29. The van der Waals surface area contributed by atoms with Crippen molar-refractivity contribution in [2.75, 3.05) is 58.2 Å². The van der Waals surface area contributed by atoms with E-state index in [1.165, 1.54) is 5.56 Å². The molecule has 3 aliphatic heterocycles. The summed E-state index contributed by atoms with van der Waals surface area (Å²) in [7, 11) is 0. The summed E-state index contributed by atoms with van der Waals surface area (Å²) in [5, 5.41) is 4.44. The number of pyridine rings is 1. The summed E-state index contributed by atoms with van der Waals surface area (Å²) in [6.45, 7) is 4.67. The molecule has 0 radical (unpaired) electrons. The lowest BCUT2D eigenvalue weighted by atomic mass is 9.74. The van der Waals surface area contributed by atoms with Crippen molar-refractivity contribution in [3.05, 3.63) is 59.7 Å². The zero-order chi connectivity index (χ0) is 23.7. The number of nitrogens with one attached hydrogen (secondary N) is 1. The van der Waals surface area contributed by atoms with E-state index in [2.05, 4.69) is 17.4 Å². The number of carbonyl (C=O) groups excluding carboxylic acids is 1. The number of para-hydroxylation sites is 1. The molecule has 4 heterocycles. The van der Waals surface area contributed by atoms with Crippen molar-refractivity contribution < 1.29 is 23.7 Å². The highest BCUT2D eigenvalue weighted by atomic mass is 16.7. The Kier molecular flexibility index (Phi) is 5.91. The third-order valence-corrected chi connectivity index (χ3v) is 7.29. The van der Waals surface area contributed by atoms with Crippen molar-refractivity contribution in [3.8, 4) is 11.5 Å². The molecule has 0 bridgehead atoms. The molecule has 1 amide bonds. The maximum absolute atomic E-state index is 13.4. The van der Waals surface area contributed by atoms with Crippen LogP contribution in [0.2, 0.25) is 0 Å². The molecule has 2 aromatic carbocycles. The zero-order valence-electron chi connectivity index (χ0n) is 19.6. The van der Waals surface area contributed by atoms with E-state index in [9.17, 15) is 4.79 Å². The van der Waals surface area contributed by atoms with Gasteiger partial charge in [-0.3, -0.25) is 4.79 Å². The molecule has 0 spiro atoms. The highest BCUT2D eigenvalue weighted by Crippen LogP contribution is 2.41. The second kappa shape index (κ2) is 9.36. The van der Waals surface area contributed by atoms with Crippen LogP contribution in [0, 0.1) is 0 Å². The number of hydrogen-bond donors (Lipinski definition) is 1. The topological polar surface area (TPSA) is 82.2 Å². The van der Waals surface area contributed by atoms with E-state index in [4.69, 9.17) is 23.9 Å². The Morgan fingerprint density at radius 3 is 2.57 bits per heavy atom. The van der Waals surface area contributed by atoms with Crippen LogP contribution in [0.3, 0.4) is 0 Å². The first kappa shape index (κ1) is 22.1. The lowest BCUT2D eigenvalue weighted by molar-refractivity contribution is 0.0304. The largest absolute Gasteiger partial charge is 0.454 e. The summed E-state index contributed by atoms with van der Waals surface area (Å²) < 4.78 is 22.3. The van der Waals surface area contributed by atoms with Crippen molar-refractivity contribution in [1.82, 2.24) is 9.88 Å². The fraction of sp³-hybridized carbons (Fsp3) is 0.407. The maximum Gasteiger partial charge on any atom is 0.254 e. The molecule has 182 valence electrons. The van der Waals surface area contributed by atoms with Crippen molar-refractivity contribution in [2.24, 2.45) is 0 Å². The Balaban J connectivity index is 1.31. The Morgan fingerprint density at radius 2 is 1.71 bits per heavy atom. The first-order chi connectivity index (χ1) is 17.2. The molecule has 3 aromatic rings. The smallest absolute Gasteiger partial charge is 0.254 e. The monoisotopic (exact) mass is 475 g/mol. The third kappa shape index (κ3) is 4.28. The van der Waals surface area contributed by atoms with Crippen molar-refractivity contribution >= 4 is 22.6 Å². The predicted octanol–water partition coefficient (Wildman–Crippen LogP) is 3.60. The van der Waals surface area contributed by atoms with Crippen LogP contribution in [0.4, 0.5) is 5.82 Å². The number of ether oxygens (including phenoxy) is 4. The van der Waals surface area contributed by atoms with E-state index < -0.39 is 0 Å². The molecule has 6 rings (SSSR count). The van der Waals surface area contributed by atoms with Gasteiger partial charge in [0.25, 0.3) is 5.91 Å². The van der Waals surface area contributed by atoms with Crippen LogP contribution in [0.5, 0.6) is 11.5 Å². The number of hydrogen-bond acceptors (Lipinski definition) is 7. The fourth-order valence-electron chi connectivity index (χ4n) is 5.20. The molecule has 3 aliphatic rings. The van der Waals surface area contributed by atoms with Crippen LogP contribution in [-0.2, 0) is 14.9 Å². The minimum Gasteiger partial charge on any atom is -0.454 e. The van der Waals surface area contributed by atoms with E-state index in [1.54, 1.807) is 0 Å². The Hall–Kier alpha value is -3.36. The number of rotatable bonds is 5. The summed E-state index contributed by atoms with van der Waals surface area (Å²) in [5.41, 5.74) is 2.53. The molecule has 0 saturated carbocycles. The van der Waals surface area contributed by atoms with E-state index in [0.29, 0.717) is 57.4 Å². The standard InChI is InChI=1S/C27H29N3O5/c31-26(30-9-13-33-14-10-30)21-16-25(29-22-4-2-1-3-20(21)22)28-17-27(7-11-32-12-8-27)19-5-6-23-24(15-19)35-18-34-23/h1-6,15-16H,7-14,17-18H2,(H,28,29). The van der Waals surface area contributed by atoms with Crippen molar-refractivity contribution in [2.45, 2.75) is 18.3 Å². The summed E-state index contributed by atoms with van der Waals surface area (Å²) in [6, 6.07) is 15.9. The summed E-state index contributed by atoms with van der Waals surface area (Å²) in [5.74, 6) is 2.29. The second-order valence-corrected chi connectivity index (χ2v) is 9.29. The van der Waals surface area contributed by atoms with Crippen LogP contribution in [0.1, 0.15) is 28.8 Å². The molecule has 0 unspecified atom stereocenters. The molecule has 8 heteroatoms. The average molecular weight is 476 g/mol. The van der Waals surface area contributed by atoms with Gasteiger partial charge in [-0.2, -0.15) is 0 Å². The first-order valence-electron chi connectivity index (χ1n) is 12.2. The molecule has 2 fully saturated rings. The number of anilines is 1. The molecule has 1 aromatic heterocycles. The summed E-state index contributed by atoms with van der Waals surface area (Å²) in [6.07, 6.45) is 1.76. The van der Waals surface area contributed by atoms with Crippen LogP contribution < -0.4 is 14.8 Å². The van der Waals surface area contributed by atoms with Crippen LogP contribution in [0.25, 0.3) is 10.9 Å². The molecule has 2 saturated heterocycles. The molecule has 1 N–H and O–H groups in total. The lowest BCUT2D eigenvalue weighted by Gasteiger charge is -2.38. The van der Waals surface area contributed by atoms with Crippen molar-refractivity contribution in [1.29, 1.82) is 0 Å². The van der Waals surface area contributed by atoms with E-state index in [0.717, 1.165) is 35.2 Å². The highest BCUT2D eigenvalue weighted by Gasteiger charge is 2.36. The molecule has 35 heavy (non-hydrogen) atoms. The zero-order valence-corrected chi connectivity index (χ0v) is 19.6. The highest BCUT2D eigenvalue weighted by molar-refractivity contribution is 6.07. The van der Waals surface area contributed by atoms with E-state index in [-0.39, 0.29) is 18.1 Å². The summed E-state index contributed by atoms with van der Waals surface area (Å²) in [4.78, 5) is 20.1. The minimum atomic E-state index is -0.138. The number of carbonyl (C=O) groups is 1. The molecule has 8 nitrogen and oxygen atoms in total. The maximum atomic E-state index is 13.4. The Bertz CT molecular complexity index is 1230. The van der Waals surface area contributed by atoms with Crippen LogP contribution >= 0.6 is 0 Å². The second-order valence-electron chi connectivity index (χ2n) is 9.29. The van der Waals surface area contributed by atoms with Gasteiger partial charge in [-0.05, 0) is 42.7 Å². The number of amides is 1. The molecular weight excluding hydrogens is 446 g/mol. The molecule has 0 atom stereocenters. The SMILES string of the molecule is O=C(c1cc(NCC2(c3ccc4c(c3)OCO4)CCOCC2)nc2ccccc12)N1CCOCC1.